The lowest BCUT2D eigenvalue weighted by molar-refractivity contribution is -0.134. The van der Waals surface area contributed by atoms with E-state index in [1.54, 1.807) is 17.0 Å². The molecule has 1 heterocycles. The topological polar surface area (TPSA) is 49.4 Å². The standard InChI is InChI=1S/C23H20Cl2N2O2/c24-19-9-8-15(12-20(19)25)13-21-23(29)27(11-10-22(28)26-21)14-17-6-3-5-16-4-1-2-7-18(16)17/h1-9,12,21H,10-11,13-14H2,(H,26,28). The first-order valence-electron chi connectivity index (χ1n) is 9.50. The molecule has 0 saturated carbocycles. The van der Waals surface area contributed by atoms with E-state index >= 15 is 0 Å². The van der Waals surface area contributed by atoms with Crippen LogP contribution in [0, 0.1) is 0 Å². The van der Waals surface area contributed by atoms with Gasteiger partial charge in [-0.25, -0.2) is 0 Å². The smallest absolute Gasteiger partial charge is 0.245 e. The number of nitrogens with one attached hydrogen (secondary N) is 1. The molecule has 6 heteroatoms. The molecule has 1 atom stereocenters. The van der Waals surface area contributed by atoms with Gasteiger partial charge in [-0.2, -0.15) is 0 Å². The maximum Gasteiger partial charge on any atom is 0.245 e. The van der Waals surface area contributed by atoms with Gasteiger partial charge in [0.1, 0.15) is 6.04 Å². The Morgan fingerprint density at radius 1 is 0.966 bits per heavy atom. The van der Waals surface area contributed by atoms with E-state index in [-0.39, 0.29) is 18.2 Å². The second kappa shape index (κ2) is 8.44. The van der Waals surface area contributed by atoms with E-state index in [1.807, 2.05) is 30.3 Å². The van der Waals surface area contributed by atoms with Crippen LogP contribution in [0.25, 0.3) is 10.8 Å². The Bertz CT molecular complexity index is 1080. The second-order valence-corrected chi connectivity index (χ2v) is 8.04. The number of hydrogen-bond acceptors (Lipinski definition) is 2. The van der Waals surface area contributed by atoms with Crippen molar-refractivity contribution >= 4 is 45.8 Å². The number of halogens is 2. The number of hydrogen-bond donors (Lipinski definition) is 1. The van der Waals surface area contributed by atoms with E-state index in [4.69, 9.17) is 23.2 Å². The third kappa shape index (κ3) is 4.39. The normalized spacial score (nSPS) is 17.3. The molecule has 148 valence electrons. The van der Waals surface area contributed by atoms with Crippen molar-refractivity contribution in [2.24, 2.45) is 0 Å². The highest BCUT2D eigenvalue weighted by atomic mass is 35.5. The van der Waals surface area contributed by atoms with Crippen molar-refractivity contribution in [3.63, 3.8) is 0 Å². The van der Waals surface area contributed by atoms with E-state index in [1.165, 1.54) is 0 Å². The van der Waals surface area contributed by atoms with Gasteiger partial charge in [-0.05, 0) is 34.0 Å². The van der Waals surface area contributed by atoms with Crippen LogP contribution in [0.3, 0.4) is 0 Å². The van der Waals surface area contributed by atoms with Crippen molar-refractivity contribution in [3.05, 3.63) is 81.8 Å². The first-order valence-corrected chi connectivity index (χ1v) is 10.3. The number of carbonyl (C=O) groups excluding carboxylic acids is 2. The van der Waals surface area contributed by atoms with Crippen molar-refractivity contribution in [1.82, 2.24) is 10.2 Å². The quantitative estimate of drug-likeness (QED) is 0.662. The SMILES string of the molecule is O=C1CCN(Cc2cccc3ccccc23)C(=O)C(Cc2ccc(Cl)c(Cl)c2)N1. The number of nitrogens with zero attached hydrogens (tertiary/aromatic N) is 1. The molecule has 4 nitrogen and oxygen atoms in total. The fraction of sp³-hybridized carbons (Fsp3) is 0.217. The largest absolute Gasteiger partial charge is 0.344 e. The summed E-state index contributed by atoms with van der Waals surface area (Å²) in [6.07, 6.45) is 0.655. The summed E-state index contributed by atoms with van der Waals surface area (Å²) >= 11 is 12.1. The molecule has 1 saturated heterocycles. The Balaban J connectivity index is 1.59. The first kappa shape index (κ1) is 19.7. The van der Waals surface area contributed by atoms with Crippen molar-refractivity contribution in [2.45, 2.75) is 25.4 Å². The summed E-state index contributed by atoms with van der Waals surface area (Å²) in [5, 5.41) is 6.01. The zero-order valence-electron chi connectivity index (χ0n) is 15.7. The number of fused-ring (bicyclic) bond motifs is 1. The van der Waals surface area contributed by atoms with E-state index in [0.29, 0.717) is 29.6 Å². The van der Waals surface area contributed by atoms with Gasteiger partial charge in [-0.15, -0.1) is 0 Å². The molecule has 1 aliphatic rings. The molecule has 0 aliphatic carbocycles. The van der Waals surface area contributed by atoms with Crippen LogP contribution in [0.2, 0.25) is 10.0 Å². The molecule has 0 radical (unpaired) electrons. The summed E-state index contributed by atoms with van der Waals surface area (Å²) < 4.78 is 0. The fourth-order valence-corrected chi connectivity index (χ4v) is 4.05. The van der Waals surface area contributed by atoms with Crippen molar-refractivity contribution < 1.29 is 9.59 Å². The van der Waals surface area contributed by atoms with E-state index < -0.39 is 6.04 Å². The van der Waals surface area contributed by atoms with Gasteiger partial charge in [0.25, 0.3) is 0 Å². The minimum absolute atomic E-state index is 0.0881. The first-order chi connectivity index (χ1) is 14.0. The van der Waals surface area contributed by atoms with Crippen LogP contribution in [0.1, 0.15) is 17.5 Å². The summed E-state index contributed by atoms with van der Waals surface area (Å²) in [5.74, 6) is -0.210. The molecule has 1 fully saturated rings. The predicted octanol–water partition coefficient (Wildman–Crippen LogP) is 4.61. The molecule has 1 aliphatic heterocycles. The average Bonchev–Trinajstić information content (AvgIpc) is 2.84. The lowest BCUT2D eigenvalue weighted by atomic mass is 10.0. The third-order valence-corrected chi connectivity index (χ3v) is 5.96. The van der Waals surface area contributed by atoms with Crippen LogP contribution in [0.4, 0.5) is 0 Å². The maximum atomic E-state index is 13.2. The molecule has 1 unspecified atom stereocenters. The number of rotatable bonds is 4. The molecule has 1 N–H and O–H groups in total. The van der Waals surface area contributed by atoms with Gasteiger partial charge >= 0.3 is 0 Å². The molecule has 3 aromatic rings. The summed E-state index contributed by atoms with van der Waals surface area (Å²) in [7, 11) is 0. The minimum atomic E-state index is -0.628. The second-order valence-electron chi connectivity index (χ2n) is 7.22. The van der Waals surface area contributed by atoms with E-state index in [2.05, 4.69) is 23.5 Å². The van der Waals surface area contributed by atoms with Crippen LogP contribution in [0.15, 0.2) is 60.7 Å². The zero-order chi connectivity index (χ0) is 20.4. The Labute approximate surface area is 179 Å². The van der Waals surface area contributed by atoms with Gasteiger partial charge in [0.15, 0.2) is 0 Å². The van der Waals surface area contributed by atoms with Crippen LogP contribution < -0.4 is 5.32 Å². The highest BCUT2D eigenvalue weighted by Crippen LogP contribution is 2.24. The highest BCUT2D eigenvalue weighted by Gasteiger charge is 2.30. The number of amides is 2. The molecule has 4 rings (SSSR count). The lowest BCUT2D eigenvalue weighted by Crippen LogP contribution is -2.45. The molecular weight excluding hydrogens is 407 g/mol. The molecule has 0 bridgehead atoms. The predicted molar refractivity (Wildman–Crippen MR) is 116 cm³/mol. The molecule has 0 aromatic heterocycles. The van der Waals surface area contributed by atoms with Gasteiger partial charge in [0.05, 0.1) is 10.0 Å². The van der Waals surface area contributed by atoms with Crippen molar-refractivity contribution in [2.75, 3.05) is 6.54 Å². The highest BCUT2D eigenvalue weighted by molar-refractivity contribution is 6.42. The Hall–Kier alpha value is -2.56. The van der Waals surface area contributed by atoms with Gasteiger partial charge in [0.2, 0.25) is 11.8 Å². The summed E-state index contributed by atoms with van der Waals surface area (Å²) in [5.41, 5.74) is 1.92. The molecule has 0 spiro atoms. The van der Waals surface area contributed by atoms with Crippen molar-refractivity contribution in [1.29, 1.82) is 0 Å². The Morgan fingerprint density at radius 2 is 1.76 bits per heavy atom. The van der Waals surface area contributed by atoms with Gasteiger partial charge in [0, 0.05) is 25.9 Å². The number of carbonyl (C=O) groups is 2. The summed E-state index contributed by atoms with van der Waals surface area (Å²) in [4.78, 5) is 27.2. The van der Waals surface area contributed by atoms with Crippen LogP contribution in [0.5, 0.6) is 0 Å². The monoisotopic (exact) mass is 426 g/mol. The van der Waals surface area contributed by atoms with E-state index in [0.717, 1.165) is 21.9 Å². The van der Waals surface area contributed by atoms with Crippen LogP contribution in [-0.2, 0) is 22.6 Å². The van der Waals surface area contributed by atoms with E-state index in [9.17, 15) is 9.59 Å². The van der Waals surface area contributed by atoms with Crippen molar-refractivity contribution in [3.8, 4) is 0 Å². The summed E-state index contributed by atoms with van der Waals surface area (Å²) in [6, 6.07) is 18.8. The van der Waals surface area contributed by atoms with Crippen LogP contribution >= 0.6 is 23.2 Å². The van der Waals surface area contributed by atoms with Gasteiger partial charge < -0.3 is 10.2 Å². The minimum Gasteiger partial charge on any atom is -0.344 e. The molecular formula is C23H20Cl2N2O2. The fourth-order valence-electron chi connectivity index (χ4n) is 3.73. The molecule has 2 amide bonds. The van der Waals surface area contributed by atoms with Gasteiger partial charge in [-0.3, -0.25) is 9.59 Å². The zero-order valence-corrected chi connectivity index (χ0v) is 17.2. The Morgan fingerprint density at radius 3 is 2.59 bits per heavy atom. The Kier molecular flexibility index (Phi) is 5.74. The molecule has 3 aromatic carbocycles. The van der Waals surface area contributed by atoms with Crippen LogP contribution in [-0.4, -0.2) is 29.3 Å². The molecule has 29 heavy (non-hydrogen) atoms. The summed E-state index contributed by atoms with van der Waals surface area (Å²) in [6.45, 7) is 0.860. The lowest BCUT2D eigenvalue weighted by Gasteiger charge is -2.25. The number of benzene rings is 3. The average molecular weight is 427 g/mol. The van der Waals surface area contributed by atoms with Gasteiger partial charge in [-0.1, -0.05) is 71.7 Å². The third-order valence-electron chi connectivity index (χ3n) is 5.22. The maximum absolute atomic E-state index is 13.2.